The fourth-order valence-corrected chi connectivity index (χ4v) is 5.30. The van der Waals surface area contributed by atoms with Crippen LogP contribution in [-0.4, -0.2) is 61.6 Å². The minimum Gasteiger partial charge on any atom is -0.484 e. The normalized spacial score (nSPS) is 17.9. The monoisotopic (exact) mass is 591 g/mol. The first-order chi connectivity index (χ1) is 18.2. The van der Waals surface area contributed by atoms with Gasteiger partial charge in [-0.1, -0.05) is 0 Å². The Balaban J connectivity index is 2.00. The first-order valence-electron chi connectivity index (χ1n) is 11.9. The first-order valence-corrected chi connectivity index (χ1v) is 13.4. The molecule has 0 aromatic heterocycles. The largest absolute Gasteiger partial charge is 0.484 e. The molecule has 1 aliphatic heterocycles. The summed E-state index contributed by atoms with van der Waals surface area (Å²) < 4.78 is 91.7. The van der Waals surface area contributed by atoms with Gasteiger partial charge < -0.3 is 19.9 Å². The molecular formula is C25H29F4N3O7S. The van der Waals surface area contributed by atoms with Crippen molar-refractivity contribution in [2.24, 2.45) is 0 Å². The van der Waals surface area contributed by atoms with Crippen molar-refractivity contribution in [2.75, 3.05) is 16.2 Å². The van der Waals surface area contributed by atoms with Crippen LogP contribution < -0.4 is 19.7 Å². The lowest BCUT2D eigenvalue weighted by Gasteiger charge is -2.41. The molecule has 0 bridgehead atoms. The van der Waals surface area contributed by atoms with Gasteiger partial charge in [0.25, 0.3) is 15.9 Å². The van der Waals surface area contributed by atoms with Crippen molar-refractivity contribution in [1.82, 2.24) is 5.32 Å². The van der Waals surface area contributed by atoms with E-state index >= 15 is 0 Å². The van der Waals surface area contributed by atoms with E-state index in [1.807, 2.05) is 0 Å². The van der Waals surface area contributed by atoms with E-state index in [-0.39, 0.29) is 28.6 Å². The van der Waals surface area contributed by atoms with Gasteiger partial charge in [-0.15, -0.1) is 0 Å². The SMILES string of the molecule is C[C@@H]1[C@H](CNC(=O)C(C)(C)O)Oc2ccc(NC(=O)OC(C)(C)C(F)(F)F)cc2N1S(=O)(=O)c1ccc(F)cc1. The van der Waals surface area contributed by atoms with Crippen LogP contribution in [0.1, 0.15) is 34.6 Å². The quantitative estimate of drug-likeness (QED) is 0.415. The maximum absolute atomic E-state index is 13.7. The van der Waals surface area contributed by atoms with Crippen molar-refractivity contribution in [3.05, 3.63) is 48.3 Å². The van der Waals surface area contributed by atoms with Crippen molar-refractivity contribution in [3.8, 4) is 5.75 Å². The fourth-order valence-electron chi connectivity index (χ4n) is 3.62. The molecule has 3 N–H and O–H groups in total. The van der Waals surface area contributed by atoms with Crippen LogP contribution >= 0.6 is 0 Å². The van der Waals surface area contributed by atoms with Crippen LogP contribution in [0.25, 0.3) is 0 Å². The van der Waals surface area contributed by atoms with Gasteiger partial charge >= 0.3 is 12.3 Å². The third-order valence-electron chi connectivity index (χ3n) is 6.05. The number of nitrogens with zero attached hydrogens (tertiary/aromatic N) is 1. The number of anilines is 2. The lowest BCUT2D eigenvalue weighted by molar-refractivity contribution is -0.242. The van der Waals surface area contributed by atoms with Gasteiger partial charge in [-0.25, -0.2) is 17.6 Å². The summed E-state index contributed by atoms with van der Waals surface area (Å²) in [5, 5.41) is 14.6. The zero-order valence-electron chi connectivity index (χ0n) is 22.2. The fraction of sp³-hybridized carbons (Fsp3) is 0.440. The number of amides is 2. The summed E-state index contributed by atoms with van der Waals surface area (Å²) in [6.45, 7) is 5.14. The zero-order chi connectivity index (χ0) is 30.3. The smallest absolute Gasteiger partial charge is 0.427 e. The maximum Gasteiger partial charge on any atom is 0.427 e. The van der Waals surface area contributed by atoms with Gasteiger partial charge in [-0.2, -0.15) is 13.2 Å². The molecule has 40 heavy (non-hydrogen) atoms. The molecule has 2 aromatic carbocycles. The van der Waals surface area contributed by atoms with Crippen LogP contribution in [0.2, 0.25) is 0 Å². The van der Waals surface area contributed by atoms with Crippen molar-refractivity contribution in [2.45, 2.75) is 69.0 Å². The number of rotatable bonds is 7. The number of aliphatic hydroxyl groups is 1. The predicted molar refractivity (Wildman–Crippen MR) is 136 cm³/mol. The average molecular weight is 592 g/mol. The Morgan fingerprint density at radius 1 is 1.07 bits per heavy atom. The number of hydrogen-bond acceptors (Lipinski definition) is 7. The Hall–Kier alpha value is -3.59. The molecule has 2 atom stereocenters. The van der Waals surface area contributed by atoms with E-state index in [1.165, 1.54) is 39.0 Å². The van der Waals surface area contributed by atoms with Crippen molar-refractivity contribution in [1.29, 1.82) is 0 Å². The molecule has 0 fully saturated rings. The highest BCUT2D eigenvalue weighted by molar-refractivity contribution is 7.92. The Labute approximate surface area is 228 Å². The summed E-state index contributed by atoms with van der Waals surface area (Å²) in [6.07, 6.45) is -7.25. The molecule has 0 saturated heterocycles. The molecule has 10 nitrogen and oxygen atoms in total. The number of ether oxygens (including phenoxy) is 2. The molecule has 2 amide bonds. The van der Waals surface area contributed by atoms with E-state index in [0.29, 0.717) is 13.8 Å². The van der Waals surface area contributed by atoms with Gasteiger partial charge in [-0.05, 0) is 77.1 Å². The first kappa shape index (κ1) is 30.9. The summed E-state index contributed by atoms with van der Waals surface area (Å²) >= 11 is 0. The van der Waals surface area contributed by atoms with E-state index in [2.05, 4.69) is 15.4 Å². The third-order valence-corrected chi connectivity index (χ3v) is 7.96. The predicted octanol–water partition coefficient (Wildman–Crippen LogP) is 3.95. The molecule has 1 heterocycles. The summed E-state index contributed by atoms with van der Waals surface area (Å²) in [5.41, 5.74) is -4.71. The molecule has 0 aliphatic carbocycles. The molecule has 2 aromatic rings. The molecular weight excluding hydrogens is 562 g/mol. The topological polar surface area (TPSA) is 134 Å². The highest BCUT2D eigenvalue weighted by atomic mass is 32.2. The Kier molecular flexibility index (Phi) is 8.33. The van der Waals surface area contributed by atoms with Crippen LogP contribution in [-0.2, 0) is 19.6 Å². The second-order valence-corrected chi connectivity index (χ2v) is 11.9. The third kappa shape index (κ3) is 6.58. The van der Waals surface area contributed by atoms with Crippen molar-refractivity contribution >= 4 is 33.4 Å². The molecule has 220 valence electrons. The Morgan fingerprint density at radius 3 is 2.23 bits per heavy atom. The number of alkyl halides is 3. The molecule has 15 heteroatoms. The molecule has 0 saturated carbocycles. The van der Waals surface area contributed by atoms with Crippen molar-refractivity contribution < 1.29 is 50.1 Å². The van der Waals surface area contributed by atoms with Crippen LogP contribution in [0.4, 0.5) is 33.7 Å². The minimum atomic E-state index is -4.85. The van der Waals surface area contributed by atoms with Crippen LogP contribution in [0.15, 0.2) is 47.4 Å². The van der Waals surface area contributed by atoms with E-state index < -0.39 is 57.4 Å². The minimum absolute atomic E-state index is 0.000771. The number of sulfonamides is 1. The van der Waals surface area contributed by atoms with E-state index in [0.717, 1.165) is 28.6 Å². The van der Waals surface area contributed by atoms with Gasteiger partial charge in [0.05, 0.1) is 23.2 Å². The number of fused-ring (bicyclic) bond motifs is 1. The molecule has 0 spiro atoms. The highest BCUT2D eigenvalue weighted by Crippen LogP contribution is 2.42. The number of carbonyl (C=O) groups is 2. The Morgan fingerprint density at radius 2 is 1.68 bits per heavy atom. The molecule has 0 unspecified atom stereocenters. The van der Waals surface area contributed by atoms with Crippen LogP contribution in [0.3, 0.4) is 0 Å². The van der Waals surface area contributed by atoms with Crippen LogP contribution in [0.5, 0.6) is 5.75 Å². The lowest BCUT2D eigenvalue weighted by Crippen LogP contribution is -2.56. The van der Waals surface area contributed by atoms with E-state index in [4.69, 9.17) is 4.74 Å². The average Bonchev–Trinajstić information content (AvgIpc) is 2.81. The summed E-state index contributed by atoms with van der Waals surface area (Å²) in [4.78, 5) is 24.1. The summed E-state index contributed by atoms with van der Waals surface area (Å²) in [7, 11) is -4.40. The molecule has 0 radical (unpaired) electrons. The summed E-state index contributed by atoms with van der Waals surface area (Å²) in [6, 6.07) is 6.71. The number of halogens is 4. The van der Waals surface area contributed by atoms with Crippen LogP contribution in [0, 0.1) is 5.82 Å². The highest BCUT2D eigenvalue weighted by Gasteiger charge is 2.51. The van der Waals surface area contributed by atoms with E-state index in [1.54, 1.807) is 0 Å². The molecule has 3 rings (SSSR count). The summed E-state index contributed by atoms with van der Waals surface area (Å²) in [5.74, 6) is -1.41. The number of benzene rings is 2. The second-order valence-electron chi connectivity index (χ2n) is 10.1. The van der Waals surface area contributed by atoms with Gasteiger partial charge in [0.2, 0.25) is 5.60 Å². The lowest BCUT2D eigenvalue weighted by atomic mass is 10.1. The number of carbonyl (C=O) groups excluding carboxylic acids is 2. The number of nitrogens with one attached hydrogen (secondary N) is 2. The maximum atomic E-state index is 13.7. The van der Waals surface area contributed by atoms with Gasteiger partial charge in [0.15, 0.2) is 0 Å². The van der Waals surface area contributed by atoms with Gasteiger partial charge in [0, 0.05) is 5.69 Å². The van der Waals surface area contributed by atoms with Gasteiger partial charge in [-0.3, -0.25) is 14.4 Å². The number of hydrogen-bond donors (Lipinski definition) is 3. The standard InChI is InChI=1S/C25H29F4N3O7S/c1-14-20(13-30-21(33)23(2,3)35)38-19-11-8-16(31-22(34)39-24(4,5)25(27,28)29)12-18(19)32(14)40(36,37)17-9-6-15(26)7-10-17/h6-12,14,20,35H,13H2,1-5H3,(H,30,33)(H,31,34)/t14-,20+/m1/s1. The van der Waals surface area contributed by atoms with E-state index in [9.17, 15) is 40.7 Å². The Bertz CT molecular complexity index is 1370. The zero-order valence-corrected chi connectivity index (χ0v) is 23.0. The second kappa shape index (κ2) is 10.8. The van der Waals surface area contributed by atoms with Gasteiger partial charge in [0.1, 0.15) is 23.3 Å². The molecule has 1 aliphatic rings. The van der Waals surface area contributed by atoms with Crippen molar-refractivity contribution in [3.63, 3.8) is 0 Å².